The number of unbranched alkanes of at least 4 members (excludes halogenated alkanes) is 9. The van der Waals surface area contributed by atoms with Crippen LogP contribution in [0, 0.1) is 5.92 Å². The highest BCUT2D eigenvalue weighted by Crippen LogP contribution is 2.15. The SMILES string of the molecule is CCCCCCCCCCCCC(O)CC(C)COC. The molecule has 0 bridgehead atoms. The minimum absolute atomic E-state index is 0.130. The molecule has 1 N–H and O–H groups in total. The lowest BCUT2D eigenvalue weighted by atomic mass is 9.99. The fraction of sp³-hybridized carbons (Fsp3) is 1.00. The van der Waals surface area contributed by atoms with Crippen LogP contribution in [0.1, 0.15) is 90.9 Å². The lowest BCUT2D eigenvalue weighted by Gasteiger charge is -2.15. The van der Waals surface area contributed by atoms with Gasteiger partial charge in [0.25, 0.3) is 0 Å². The standard InChI is InChI=1S/C18H38O2/c1-4-5-6-7-8-9-10-11-12-13-14-18(19)15-17(2)16-20-3/h17-19H,4-16H2,1-3H3. The third-order valence-corrected chi connectivity index (χ3v) is 4.02. The van der Waals surface area contributed by atoms with Crippen LogP contribution in [0.2, 0.25) is 0 Å². The number of hydrogen-bond acceptors (Lipinski definition) is 2. The molecular formula is C18H38O2. The van der Waals surface area contributed by atoms with E-state index in [-0.39, 0.29) is 6.10 Å². The van der Waals surface area contributed by atoms with Crippen LogP contribution >= 0.6 is 0 Å². The van der Waals surface area contributed by atoms with Crippen molar-refractivity contribution in [2.24, 2.45) is 5.92 Å². The molecule has 0 aromatic rings. The summed E-state index contributed by atoms with van der Waals surface area (Å²) in [6.07, 6.45) is 15.3. The quantitative estimate of drug-likeness (QED) is 0.412. The Balaban J connectivity index is 3.19. The number of aliphatic hydroxyl groups is 1. The number of aliphatic hydroxyl groups excluding tert-OH is 1. The molecule has 2 nitrogen and oxygen atoms in total. The van der Waals surface area contributed by atoms with Gasteiger partial charge >= 0.3 is 0 Å². The maximum absolute atomic E-state index is 9.91. The van der Waals surface area contributed by atoms with Gasteiger partial charge in [-0.1, -0.05) is 78.1 Å². The first-order valence-electron chi connectivity index (χ1n) is 8.87. The van der Waals surface area contributed by atoms with E-state index in [0.29, 0.717) is 5.92 Å². The Morgan fingerprint density at radius 2 is 1.35 bits per heavy atom. The van der Waals surface area contributed by atoms with Gasteiger partial charge < -0.3 is 9.84 Å². The Bertz CT molecular complexity index is 182. The molecule has 122 valence electrons. The monoisotopic (exact) mass is 286 g/mol. The zero-order chi connectivity index (χ0) is 15.1. The van der Waals surface area contributed by atoms with Crippen LogP contribution in [0.4, 0.5) is 0 Å². The molecule has 0 saturated heterocycles. The molecule has 20 heavy (non-hydrogen) atoms. The van der Waals surface area contributed by atoms with Crippen molar-refractivity contribution < 1.29 is 9.84 Å². The molecule has 0 fully saturated rings. The van der Waals surface area contributed by atoms with E-state index in [1.54, 1.807) is 7.11 Å². The van der Waals surface area contributed by atoms with E-state index in [1.807, 2.05) is 0 Å². The summed E-state index contributed by atoms with van der Waals surface area (Å²) in [5, 5.41) is 9.91. The Labute approximate surface area is 127 Å². The highest BCUT2D eigenvalue weighted by atomic mass is 16.5. The summed E-state index contributed by atoms with van der Waals surface area (Å²) in [5.41, 5.74) is 0. The molecule has 0 aliphatic rings. The average molecular weight is 286 g/mol. The molecule has 0 spiro atoms. The number of hydrogen-bond donors (Lipinski definition) is 1. The Hall–Kier alpha value is -0.0800. The predicted octanol–water partition coefficient (Wildman–Crippen LogP) is 5.33. The van der Waals surface area contributed by atoms with E-state index >= 15 is 0 Å². The summed E-state index contributed by atoms with van der Waals surface area (Å²) in [4.78, 5) is 0. The van der Waals surface area contributed by atoms with Crippen LogP contribution in [-0.2, 0) is 4.74 Å². The molecule has 0 radical (unpaired) electrons. The molecule has 0 heterocycles. The highest BCUT2D eigenvalue weighted by Gasteiger charge is 2.09. The second-order valence-corrected chi connectivity index (χ2v) is 6.42. The summed E-state index contributed by atoms with van der Waals surface area (Å²) in [7, 11) is 1.73. The van der Waals surface area contributed by atoms with Gasteiger partial charge in [-0.2, -0.15) is 0 Å². The summed E-state index contributed by atoms with van der Waals surface area (Å²) in [5.74, 6) is 0.470. The normalized spacial score (nSPS) is 14.4. The molecule has 2 atom stereocenters. The summed E-state index contributed by atoms with van der Waals surface area (Å²) >= 11 is 0. The zero-order valence-electron chi connectivity index (χ0n) is 14.2. The van der Waals surface area contributed by atoms with E-state index < -0.39 is 0 Å². The van der Waals surface area contributed by atoms with Crippen molar-refractivity contribution in [3.8, 4) is 0 Å². The van der Waals surface area contributed by atoms with Gasteiger partial charge in [0, 0.05) is 13.7 Å². The van der Waals surface area contributed by atoms with E-state index in [2.05, 4.69) is 13.8 Å². The fourth-order valence-corrected chi connectivity index (χ4v) is 2.80. The Kier molecular flexibility index (Phi) is 15.3. The molecule has 0 aromatic carbocycles. The van der Waals surface area contributed by atoms with Gasteiger partial charge in [0.1, 0.15) is 0 Å². The molecular weight excluding hydrogens is 248 g/mol. The Morgan fingerprint density at radius 1 is 0.850 bits per heavy atom. The first kappa shape index (κ1) is 19.9. The second kappa shape index (κ2) is 15.3. The van der Waals surface area contributed by atoms with Crippen molar-refractivity contribution in [2.75, 3.05) is 13.7 Å². The van der Waals surface area contributed by atoms with E-state index in [0.717, 1.165) is 19.4 Å². The first-order valence-corrected chi connectivity index (χ1v) is 8.87. The number of rotatable bonds is 15. The topological polar surface area (TPSA) is 29.5 Å². The van der Waals surface area contributed by atoms with E-state index in [1.165, 1.54) is 64.2 Å². The van der Waals surface area contributed by atoms with Gasteiger partial charge in [0.05, 0.1) is 6.10 Å². The molecule has 0 aliphatic carbocycles. The third kappa shape index (κ3) is 14.3. The largest absolute Gasteiger partial charge is 0.393 e. The molecule has 2 unspecified atom stereocenters. The minimum atomic E-state index is -0.130. The minimum Gasteiger partial charge on any atom is -0.393 e. The molecule has 0 rings (SSSR count). The van der Waals surface area contributed by atoms with Gasteiger partial charge in [-0.15, -0.1) is 0 Å². The fourth-order valence-electron chi connectivity index (χ4n) is 2.80. The molecule has 2 heteroatoms. The predicted molar refractivity (Wildman–Crippen MR) is 88.1 cm³/mol. The number of methoxy groups -OCH3 is 1. The van der Waals surface area contributed by atoms with Crippen LogP contribution in [-0.4, -0.2) is 24.9 Å². The van der Waals surface area contributed by atoms with Crippen LogP contribution in [0.5, 0.6) is 0 Å². The maximum Gasteiger partial charge on any atom is 0.0543 e. The van der Waals surface area contributed by atoms with Gasteiger partial charge in [-0.3, -0.25) is 0 Å². The van der Waals surface area contributed by atoms with E-state index in [4.69, 9.17) is 4.74 Å². The van der Waals surface area contributed by atoms with Gasteiger partial charge in [-0.05, 0) is 18.8 Å². The molecule has 0 aromatic heterocycles. The van der Waals surface area contributed by atoms with Crippen molar-refractivity contribution in [1.82, 2.24) is 0 Å². The summed E-state index contributed by atoms with van der Waals surface area (Å²) < 4.78 is 5.10. The number of ether oxygens (including phenoxy) is 1. The van der Waals surface area contributed by atoms with Crippen LogP contribution in [0.25, 0.3) is 0 Å². The van der Waals surface area contributed by atoms with Crippen molar-refractivity contribution in [3.63, 3.8) is 0 Å². The highest BCUT2D eigenvalue weighted by molar-refractivity contribution is 4.61. The second-order valence-electron chi connectivity index (χ2n) is 6.42. The molecule has 0 amide bonds. The van der Waals surface area contributed by atoms with Crippen molar-refractivity contribution in [1.29, 1.82) is 0 Å². The van der Waals surface area contributed by atoms with Gasteiger partial charge in [0.2, 0.25) is 0 Å². The molecule has 0 aliphatic heterocycles. The van der Waals surface area contributed by atoms with Gasteiger partial charge in [-0.25, -0.2) is 0 Å². The smallest absolute Gasteiger partial charge is 0.0543 e. The zero-order valence-corrected chi connectivity index (χ0v) is 14.2. The summed E-state index contributed by atoms with van der Waals surface area (Å²) in [6.45, 7) is 5.17. The first-order chi connectivity index (χ1) is 9.70. The van der Waals surface area contributed by atoms with Crippen molar-refractivity contribution >= 4 is 0 Å². The lowest BCUT2D eigenvalue weighted by molar-refractivity contribution is 0.0948. The third-order valence-electron chi connectivity index (χ3n) is 4.02. The van der Waals surface area contributed by atoms with Crippen LogP contribution in [0.15, 0.2) is 0 Å². The van der Waals surface area contributed by atoms with Gasteiger partial charge in [0.15, 0.2) is 0 Å². The maximum atomic E-state index is 9.91. The van der Waals surface area contributed by atoms with Crippen LogP contribution in [0.3, 0.4) is 0 Å². The molecule has 0 saturated carbocycles. The van der Waals surface area contributed by atoms with Crippen LogP contribution < -0.4 is 0 Å². The van der Waals surface area contributed by atoms with E-state index in [9.17, 15) is 5.11 Å². The Morgan fingerprint density at radius 3 is 1.85 bits per heavy atom. The van der Waals surface area contributed by atoms with Crippen molar-refractivity contribution in [3.05, 3.63) is 0 Å². The average Bonchev–Trinajstić information content (AvgIpc) is 2.41. The summed E-state index contributed by atoms with van der Waals surface area (Å²) in [6, 6.07) is 0. The lowest BCUT2D eigenvalue weighted by Crippen LogP contribution is -2.14. The van der Waals surface area contributed by atoms with Crippen molar-refractivity contribution in [2.45, 2.75) is 97.0 Å².